The van der Waals surface area contributed by atoms with Gasteiger partial charge in [-0.1, -0.05) is 11.6 Å². The number of hydrogen-bond donors (Lipinski definition) is 1. The van der Waals surface area contributed by atoms with Crippen LogP contribution in [0.4, 0.5) is 22.0 Å². The predicted molar refractivity (Wildman–Crippen MR) is 69.2 cm³/mol. The van der Waals surface area contributed by atoms with Crippen molar-refractivity contribution in [2.75, 3.05) is 26.2 Å². The van der Waals surface area contributed by atoms with Gasteiger partial charge in [0.05, 0.1) is 11.4 Å². The largest absolute Gasteiger partial charge is 0.390 e. The summed E-state index contributed by atoms with van der Waals surface area (Å²) < 4.78 is 65.9. The molecule has 0 aliphatic carbocycles. The number of rotatable bonds is 3. The fraction of sp³-hybridized carbons (Fsp3) is 0.538. The van der Waals surface area contributed by atoms with Crippen LogP contribution >= 0.6 is 11.6 Å². The summed E-state index contributed by atoms with van der Waals surface area (Å²) in [6.45, 7) is 1.60. The molecule has 8 heteroatoms. The lowest BCUT2D eigenvalue weighted by molar-refractivity contribution is -0.149. The summed E-state index contributed by atoms with van der Waals surface area (Å²) in [5.74, 6) is -1.84. The normalized spacial score (nSPS) is 18.8. The number of nitrogens with zero attached hydrogens (tertiary/aromatic N) is 1. The molecule has 0 bridgehead atoms. The van der Waals surface area contributed by atoms with Crippen LogP contribution in [0.25, 0.3) is 0 Å². The lowest BCUT2D eigenvalue weighted by Crippen LogP contribution is -2.46. The molecule has 0 unspecified atom stereocenters. The van der Waals surface area contributed by atoms with Crippen molar-refractivity contribution >= 4 is 11.6 Å². The number of piperazine rings is 1. The lowest BCUT2D eigenvalue weighted by atomic mass is 9.99. The first-order valence-corrected chi connectivity index (χ1v) is 6.82. The Hall–Kier alpha value is -0.920. The molecule has 0 aromatic heterocycles. The van der Waals surface area contributed by atoms with E-state index in [1.165, 1.54) is 4.90 Å². The van der Waals surface area contributed by atoms with Gasteiger partial charge in [-0.15, -0.1) is 0 Å². The Morgan fingerprint density at radius 1 is 1.14 bits per heavy atom. The molecule has 1 saturated heterocycles. The maximum atomic E-state index is 13.9. The summed E-state index contributed by atoms with van der Waals surface area (Å²) in [7, 11) is 0. The third kappa shape index (κ3) is 4.05. The van der Waals surface area contributed by atoms with E-state index in [1.807, 2.05) is 0 Å². The first-order chi connectivity index (χ1) is 9.79. The minimum Gasteiger partial charge on any atom is -0.314 e. The molecule has 0 amide bonds. The maximum Gasteiger partial charge on any atom is 0.390 e. The van der Waals surface area contributed by atoms with Crippen LogP contribution in [0, 0.1) is 11.6 Å². The maximum absolute atomic E-state index is 13.9. The van der Waals surface area contributed by atoms with Crippen molar-refractivity contribution in [1.82, 2.24) is 10.2 Å². The molecule has 1 atom stereocenters. The molecule has 1 N–H and O–H groups in total. The highest BCUT2D eigenvalue weighted by Gasteiger charge is 2.38. The van der Waals surface area contributed by atoms with E-state index in [0.29, 0.717) is 26.2 Å². The van der Waals surface area contributed by atoms with E-state index < -0.39 is 40.9 Å². The summed E-state index contributed by atoms with van der Waals surface area (Å²) in [5.41, 5.74) is -0.420. The molecule has 0 spiro atoms. The summed E-state index contributed by atoms with van der Waals surface area (Å²) in [6, 6.07) is 0.293. The zero-order valence-corrected chi connectivity index (χ0v) is 11.7. The first kappa shape index (κ1) is 16.5. The molecule has 1 heterocycles. The minimum atomic E-state index is -4.50. The molecule has 1 aromatic carbocycles. The van der Waals surface area contributed by atoms with E-state index in [1.54, 1.807) is 0 Å². The molecular weight excluding hydrogens is 315 g/mol. The van der Waals surface area contributed by atoms with Crippen LogP contribution in [0.5, 0.6) is 0 Å². The van der Waals surface area contributed by atoms with Gasteiger partial charge in [0.2, 0.25) is 0 Å². The molecule has 118 valence electrons. The number of alkyl halides is 3. The third-order valence-corrected chi connectivity index (χ3v) is 3.81. The molecule has 2 rings (SSSR count). The monoisotopic (exact) mass is 328 g/mol. The van der Waals surface area contributed by atoms with Gasteiger partial charge in [0, 0.05) is 37.8 Å². The summed E-state index contributed by atoms with van der Waals surface area (Å²) >= 11 is 5.72. The highest BCUT2D eigenvalue weighted by atomic mass is 35.5. The third-order valence-electron chi connectivity index (χ3n) is 3.43. The van der Waals surface area contributed by atoms with E-state index >= 15 is 0 Å². The molecule has 2 nitrogen and oxygen atoms in total. The zero-order valence-electron chi connectivity index (χ0n) is 11.0. The van der Waals surface area contributed by atoms with Crippen LogP contribution in [0.2, 0.25) is 5.02 Å². The van der Waals surface area contributed by atoms with Gasteiger partial charge in [-0.25, -0.2) is 8.78 Å². The topological polar surface area (TPSA) is 15.3 Å². The van der Waals surface area contributed by atoms with Crippen molar-refractivity contribution in [2.24, 2.45) is 0 Å². The van der Waals surface area contributed by atoms with E-state index in [4.69, 9.17) is 11.6 Å². The average Bonchev–Trinajstić information content (AvgIpc) is 2.42. The molecule has 0 radical (unpaired) electrons. The van der Waals surface area contributed by atoms with Gasteiger partial charge in [0.1, 0.15) is 11.6 Å². The van der Waals surface area contributed by atoms with Gasteiger partial charge >= 0.3 is 6.18 Å². The van der Waals surface area contributed by atoms with Gasteiger partial charge < -0.3 is 5.32 Å². The first-order valence-electron chi connectivity index (χ1n) is 6.44. The Balaban J connectivity index is 2.41. The molecule has 1 aromatic rings. The van der Waals surface area contributed by atoms with Gasteiger partial charge in [-0.3, -0.25) is 4.90 Å². The van der Waals surface area contributed by atoms with E-state index in [9.17, 15) is 22.0 Å². The summed E-state index contributed by atoms with van der Waals surface area (Å²) in [6.07, 6.45) is -5.77. The van der Waals surface area contributed by atoms with Gasteiger partial charge in [0.25, 0.3) is 0 Å². The molecule has 1 aliphatic rings. The number of benzene rings is 1. The summed E-state index contributed by atoms with van der Waals surface area (Å²) in [4.78, 5) is 1.48. The molecule has 1 aliphatic heterocycles. The van der Waals surface area contributed by atoms with Crippen molar-refractivity contribution in [3.05, 3.63) is 34.4 Å². The van der Waals surface area contributed by atoms with Crippen LogP contribution in [-0.2, 0) is 0 Å². The number of nitrogens with one attached hydrogen (secondary N) is 1. The van der Waals surface area contributed by atoms with Crippen molar-refractivity contribution in [1.29, 1.82) is 0 Å². The van der Waals surface area contributed by atoms with Gasteiger partial charge in [-0.05, 0) is 12.1 Å². The molecular formula is C13H14ClF5N2. The Kier molecular flexibility index (Phi) is 5.06. The van der Waals surface area contributed by atoms with Crippen LogP contribution < -0.4 is 5.32 Å². The predicted octanol–water partition coefficient (Wildman–Crippen LogP) is 3.52. The Morgan fingerprint density at radius 2 is 1.71 bits per heavy atom. The van der Waals surface area contributed by atoms with Gasteiger partial charge in [0.15, 0.2) is 0 Å². The second kappa shape index (κ2) is 6.46. The fourth-order valence-corrected chi connectivity index (χ4v) is 2.75. The quantitative estimate of drug-likeness (QED) is 0.674. The van der Waals surface area contributed by atoms with Crippen molar-refractivity contribution in [2.45, 2.75) is 18.6 Å². The molecule has 1 fully saturated rings. The molecule has 0 saturated carbocycles. The number of hydrogen-bond acceptors (Lipinski definition) is 2. The van der Waals surface area contributed by atoms with Crippen LogP contribution in [-0.4, -0.2) is 37.3 Å². The summed E-state index contributed by atoms with van der Waals surface area (Å²) in [5, 5.41) is 2.42. The van der Waals surface area contributed by atoms with Crippen molar-refractivity contribution < 1.29 is 22.0 Å². The van der Waals surface area contributed by atoms with Crippen molar-refractivity contribution in [3.63, 3.8) is 0 Å². The lowest BCUT2D eigenvalue weighted by Gasteiger charge is -2.36. The fourth-order valence-electron chi connectivity index (χ4n) is 2.47. The van der Waals surface area contributed by atoms with E-state index in [-0.39, 0.29) is 0 Å². The second-order valence-corrected chi connectivity index (χ2v) is 5.26. The van der Waals surface area contributed by atoms with Crippen molar-refractivity contribution in [3.8, 4) is 0 Å². The Morgan fingerprint density at radius 3 is 2.29 bits per heavy atom. The minimum absolute atomic E-state index is 0.313. The zero-order chi connectivity index (χ0) is 15.6. The highest BCUT2D eigenvalue weighted by molar-refractivity contribution is 6.31. The van der Waals surface area contributed by atoms with Crippen LogP contribution in [0.3, 0.4) is 0 Å². The Bertz CT molecular complexity index is 500. The smallest absolute Gasteiger partial charge is 0.314 e. The SMILES string of the molecule is Fc1ccc(F)c([C@@H](CC(F)(F)F)N2CCNCC2)c1Cl. The van der Waals surface area contributed by atoms with Crippen LogP contribution in [0.1, 0.15) is 18.0 Å². The number of halogens is 6. The van der Waals surface area contributed by atoms with E-state index in [2.05, 4.69) is 5.32 Å². The second-order valence-electron chi connectivity index (χ2n) is 4.88. The van der Waals surface area contributed by atoms with Crippen LogP contribution in [0.15, 0.2) is 12.1 Å². The molecule has 21 heavy (non-hydrogen) atoms. The average molecular weight is 329 g/mol. The standard InChI is InChI=1S/C13H14ClF5N2/c14-12-9(16)2-1-8(15)11(12)10(7-13(17,18)19)21-5-3-20-4-6-21/h1-2,10,20H,3-7H2/t10-/m1/s1. The Labute approximate surface area is 123 Å². The van der Waals surface area contributed by atoms with Gasteiger partial charge in [-0.2, -0.15) is 13.2 Å². The van der Waals surface area contributed by atoms with E-state index in [0.717, 1.165) is 12.1 Å². The highest BCUT2D eigenvalue weighted by Crippen LogP contribution is 2.39.